The van der Waals surface area contributed by atoms with E-state index in [2.05, 4.69) is 21.1 Å². The van der Waals surface area contributed by atoms with Crippen molar-refractivity contribution in [1.82, 2.24) is 19.3 Å². The number of nitrogens with zero attached hydrogens (tertiary/aromatic N) is 6. The van der Waals surface area contributed by atoms with Gasteiger partial charge in [-0.2, -0.15) is 10.4 Å². The van der Waals surface area contributed by atoms with E-state index in [9.17, 15) is 14.4 Å². The van der Waals surface area contributed by atoms with E-state index in [1.165, 1.54) is 29.2 Å². The minimum absolute atomic E-state index is 0.160. The first kappa shape index (κ1) is 30.0. The number of halogens is 1. The fraction of sp³-hybridized carbons (Fsp3) is 0.429. The Morgan fingerprint density at radius 1 is 1.20 bits per heavy atom. The predicted molar refractivity (Wildman–Crippen MR) is 149 cm³/mol. The summed E-state index contributed by atoms with van der Waals surface area (Å²) in [6.07, 6.45) is 5.29. The summed E-state index contributed by atoms with van der Waals surface area (Å²) in [5, 5.41) is 20.8. The van der Waals surface area contributed by atoms with E-state index in [4.69, 9.17) is 20.7 Å². The fourth-order valence-electron chi connectivity index (χ4n) is 4.04. The second-order valence-electron chi connectivity index (χ2n) is 10.3. The highest BCUT2D eigenvalue weighted by Crippen LogP contribution is 2.26. The lowest BCUT2D eigenvalue weighted by Crippen LogP contribution is -2.39. The van der Waals surface area contributed by atoms with E-state index in [0.29, 0.717) is 22.8 Å². The molecule has 1 aliphatic rings. The van der Waals surface area contributed by atoms with Gasteiger partial charge < -0.3 is 25.6 Å². The Kier molecular flexibility index (Phi) is 9.77. The van der Waals surface area contributed by atoms with Gasteiger partial charge in [0.15, 0.2) is 0 Å². The van der Waals surface area contributed by atoms with Crippen LogP contribution in [0.1, 0.15) is 76.9 Å². The van der Waals surface area contributed by atoms with Crippen LogP contribution in [0.2, 0.25) is 0 Å². The van der Waals surface area contributed by atoms with Crippen LogP contribution in [0.4, 0.5) is 9.18 Å². The summed E-state index contributed by atoms with van der Waals surface area (Å²) < 4.78 is 25.9. The van der Waals surface area contributed by atoms with Gasteiger partial charge in [0.05, 0.1) is 23.8 Å². The Labute approximate surface area is 232 Å². The maximum Gasteiger partial charge on any atom is 0.410 e. The van der Waals surface area contributed by atoms with E-state index in [-0.39, 0.29) is 28.8 Å². The first-order valence-corrected chi connectivity index (χ1v) is 12.9. The van der Waals surface area contributed by atoms with Crippen LogP contribution < -0.4 is 10.6 Å². The Balaban J connectivity index is 0.000000285. The molecule has 0 aromatic carbocycles. The van der Waals surface area contributed by atoms with Crippen molar-refractivity contribution in [1.29, 1.82) is 10.7 Å². The van der Waals surface area contributed by atoms with Crippen LogP contribution in [0, 0.1) is 22.6 Å². The summed E-state index contributed by atoms with van der Waals surface area (Å²) >= 11 is 0. The zero-order valence-electron chi connectivity index (χ0n) is 23.4. The number of fused-ring (bicyclic) bond motifs is 1. The molecule has 0 spiro atoms. The van der Waals surface area contributed by atoms with Gasteiger partial charge in [-0.3, -0.25) is 9.38 Å². The number of nitriles is 1. The van der Waals surface area contributed by atoms with Crippen LogP contribution in [0.5, 0.6) is 5.88 Å². The van der Waals surface area contributed by atoms with Gasteiger partial charge in [-0.1, -0.05) is 0 Å². The molecule has 0 radical (unpaired) electrons. The summed E-state index contributed by atoms with van der Waals surface area (Å²) in [6.45, 7) is 10.7. The Bertz CT molecular complexity index is 1410. The average molecular weight is 551 g/mol. The Morgan fingerprint density at radius 2 is 1.90 bits per heavy atom. The molecule has 0 saturated carbocycles. The number of hydrazone groups is 1. The normalized spacial score (nSPS) is 14.5. The predicted octanol–water partition coefficient (Wildman–Crippen LogP) is 4.99. The molecule has 3 N–H and O–H groups in total. The second-order valence-corrected chi connectivity index (χ2v) is 10.3. The molecule has 212 valence electrons. The molecular weight excluding hydrogens is 515 g/mol. The number of carbonyl (C=O) groups excluding carboxylic acids is 1. The molecule has 1 fully saturated rings. The van der Waals surface area contributed by atoms with E-state index >= 15 is 0 Å². The molecule has 1 unspecified atom stereocenters. The maximum atomic E-state index is 13.1. The Hall–Kier alpha value is -4.53. The molecule has 4 rings (SSSR count). The van der Waals surface area contributed by atoms with Crippen LogP contribution in [-0.4, -0.2) is 55.5 Å². The molecule has 0 aliphatic carbocycles. The van der Waals surface area contributed by atoms with Gasteiger partial charge in [0, 0.05) is 24.7 Å². The standard InChI is InChI=1S/C18H16FN7O.C10H19NO2/c1-10(21)18(25-22)12-5-16-24-9-14(7-20)26(16)17(6-12)27-11(2)15-4-3-13(19)8-23-15;1-10(2,3)13-9(12)11-7-5-4-6-8-11/h3-6,8-9,11,21H,22H2,1-2H3;4-8H2,1-3H3/b21-10?,25-18+;. The highest BCUT2D eigenvalue weighted by atomic mass is 19.1. The van der Waals surface area contributed by atoms with Crippen LogP contribution >= 0.6 is 0 Å². The number of pyridine rings is 2. The Morgan fingerprint density at radius 3 is 2.45 bits per heavy atom. The van der Waals surface area contributed by atoms with E-state index in [1.54, 1.807) is 30.9 Å². The van der Waals surface area contributed by atoms with Gasteiger partial charge in [0.1, 0.15) is 40.6 Å². The molecule has 11 nitrogen and oxygen atoms in total. The monoisotopic (exact) mass is 550 g/mol. The lowest BCUT2D eigenvalue weighted by Gasteiger charge is -2.29. The van der Waals surface area contributed by atoms with Gasteiger partial charge in [0.25, 0.3) is 0 Å². The molecule has 1 amide bonds. The van der Waals surface area contributed by atoms with Crippen molar-refractivity contribution < 1.29 is 18.7 Å². The number of imidazole rings is 1. The third-order valence-electron chi connectivity index (χ3n) is 5.92. The SMILES string of the molecule is CC(=N)/C(=N\N)c1cc(OC(C)c2ccc(F)cn2)n2c(C#N)cnc2c1.CC(C)(C)OC(=O)N1CCCCC1. The number of carbonyl (C=O) groups is 1. The molecule has 0 bridgehead atoms. The largest absolute Gasteiger partial charge is 0.469 e. The minimum Gasteiger partial charge on any atom is -0.469 e. The average Bonchev–Trinajstić information content (AvgIpc) is 3.33. The number of nitrogens with two attached hydrogens (primary N) is 1. The number of likely N-dealkylation sites (tertiary alicyclic amines) is 1. The maximum absolute atomic E-state index is 13.1. The number of ether oxygens (including phenoxy) is 2. The quantitative estimate of drug-likeness (QED) is 0.258. The number of nitrogens with one attached hydrogen (secondary N) is 1. The molecule has 40 heavy (non-hydrogen) atoms. The van der Waals surface area contributed by atoms with Crippen LogP contribution in [0.25, 0.3) is 5.65 Å². The molecule has 4 heterocycles. The number of aromatic nitrogens is 3. The summed E-state index contributed by atoms with van der Waals surface area (Å²) in [5.74, 6) is 5.28. The molecule has 1 saturated heterocycles. The summed E-state index contributed by atoms with van der Waals surface area (Å²) in [6, 6.07) is 8.16. The molecule has 1 aliphatic heterocycles. The lowest BCUT2D eigenvalue weighted by atomic mass is 10.1. The number of rotatable bonds is 5. The van der Waals surface area contributed by atoms with Crippen molar-refractivity contribution in [2.45, 2.75) is 65.6 Å². The molecule has 12 heteroatoms. The number of amides is 1. The summed E-state index contributed by atoms with van der Waals surface area (Å²) in [4.78, 5) is 21.5. The third kappa shape index (κ3) is 7.75. The highest BCUT2D eigenvalue weighted by molar-refractivity contribution is 6.46. The van der Waals surface area contributed by atoms with Gasteiger partial charge in [-0.15, -0.1) is 0 Å². The van der Waals surface area contributed by atoms with Gasteiger partial charge in [0.2, 0.25) is 5.88 Å². The summed E-state index contributed by atoms with van der Waals surface area (Å²) in [5.41, 5.74) is 1.86. The fourth-order valence-corrected chi connectivity index (χ4v) is 4.04. The second kappa shape index (κ2) is 13.0. The minimum atomic E-state index is -0.530. The van der Waals surface area contributed by atoms with Gasteiger partial charge in [-0.05, 0) is 72.1 Å². The molecule has 3 aromatic rings. The highest BCUT2D eigenvalue weighted by Gasteiger charge is 2.23. The first-order chi connectivity index (χ1) is 18.9. The van der Waals surface area contributed by atoms with Crippen LogP contribution in [0.15, 0.2) is 41.8 Å². The van der Waals surface area contributed by atoms with E-state index in [1.807, 2.05) is 20.8 Å². The van der Waals surface area contributed by atoms with E-state index < -0.39 is 11.9 Å². The van der Waals surface area contributed by atoms with Crippen LogP contribution in [0.3, 0.4) is 0 Å². The van der Waals surface area contributed by atoms with Gasteiger partial charge >= 0.3 is 6.09 Å². The van der Waals surface area contributed by atoms with Crippen molar-refractivity contribution in [3.05, 3.63) is 59.4 Å². The van der Waals surface area contributed by atoms with Crippen molar-refractivity contribution in [3.8, 4) is 11.9 Å². The zero-order valence-corrected chi connectivity index (χ0v) is 23.4. The molecule has 3 aromatic heterocycles. The number of piperidine rings is 1. The molecular formula is C28H35FN8O3. The smallest absolute Gasteiger partial charge is 0.410 e. The van der Waals surface area contributed by atoms with Crippen molar-refractivity contribution in [2.24, 2.45) is 10.9 Å². The first-order valence-electron chi connectivity index (χ1n) is 12.9. The van der Waals surface area contributed by atoms with Crippen molar-refractivity contribution >= 4 is 23.2 Å². The van der Waals surface area contributed by atoms with Crippen molar-refractivity contribution in [3.63, 3.8) is 0 Å². The van der Waals surface area contributed by atoms with Crippen molar-refractivity contribution in [2.75, 3.05) is 13.1 Å². The third-order valence-corrected chi connectivity index (χ3v) is 5.92. The molecule has 1 atom stereocenters. The van der Waals surface area contributed by atoms with Gasteiger partial charge in [-0.25, -0.2) is 14.2 Å². The summed E-state index contributed by atoms with van der Waals surface area (Å²) in [7, 11) is 0. The van der Waals surface area contributed by atoms with E-state index in [0.717, 1.165) is 32.1 Å². The number of hydrogen-bond donors (Lipinski definition) is 2. The zero-order chi connectivity index (χ0) is 29.4. The number of hydrogen-bond acceptors (Lipinski definition) is 9. The topological polar surface area (TPSA) is 155 Å². The van der Waals surface area contributed by atoms with Crippen LogP contribution in [-0.2, 0) is 4.74 Å². The lowest BCUT2D eigenvalue weighted by molar-refractivity contribution is 0.0216.